The van der Waals surface area contributed by atoms with Crippen molar-refractivity contribution >= 4 is 5.97 Å². The molecule has 6 nitrogen and oxygen atoms in total. The largest absolute Gasteiger partial charge is 0.460 e. The zero-order valence-electron chi connectivity index (χ0n) is 19.4. The van der Waals surface area contributed by atoms with E-state index in [0.717, 1.165) is 19.3 Å². The third-order valence-electron chi connectivity index (χ3n) is 4.63. The van der Waals surface area contributed by atoms with Gasteiger partial charge in [0.15, 0.2) is 6.29 Å². The highest BCUT2D eigenvalue weighted by Crippen LogP contribution is 2.44. The van der Waals surface area contributed by atoms with E-state index in [-0.39, 0.29) is 30.5 Å². The lowest BCUT2D eigenvalue weighted by Gasteiger charge is -2.36. The number of aliphatic hydroxyl groups excluding tert-OH is 2. The molecule has 0 radical (unpaired) electrons. The lowest BCUT2D eigenvalue weighted by atomic mass is 10.0. The fourth-order valence-electron chi connectivity index (χ4n) is 3.04. The van der Waals surface area contributed by atoms with Gasteiger partial charge in [-0.1, -0.05) is 27.7 Å². The highest BCUT2D eigenvalue weighted by Gasteiger charge is 2.45. The van der Waals surface area contributed by atoms with Crippen molar-refractivity contribution in [3.8, 4) is 0 Å². The van der Waals surface area contributed by atoms with Gasteiger partial charge in [0.25, 0.3) is 0 Å². The van der Waals surface area contributed by atoms with Crippen LogP contribution >= 0.6 is 0 Å². The monoisotopic (exact) mass is 404 g/mol. The van der Waals surface area contributed by atoms with Gasteiger partial charge in [-0.3, -0.25) is 4.79 Å². The fourth-order valence-corrected chi connectivity index (χ4v) is 3.04. The first-order chi connectivity index (χ1) is 13.1. The van der Waals surface area contributed by atoms with Gasteiger partial charge in [-0.05, 0) is 59.8 Å². The van der Waals surface area contributed by atoms with Crippen LogP contribution in [0.2, 0.25) is 0 Å². The molecule has 1 saturated carbocycles. The Hall–Kier alpha value is -0.690. The molecule has 0 aromatic carbocycles. The smallest absolute Gasteiger partial charge is 0.309 e. The quantitative estimate of drug-likeness (QED) is 0.650. The van der Waals surface area contributed by atoms with Crippen molar-refractivity contribution in [3.05, 3.63) is 0 Å². The first-order valence-corrected chi connectivity index (χ1v) is 11.0. The first kappa shape index (κ1) is 27.3. The number of ether oxygens (including phenoxy) is 3. The number of aliphatic hydroxyl groups is 2. The highest BCUT2D eigenvalue weighted by molar-refractivity contribution is 5.76. The van der Waals surface area contributed by atoms with Crippen LogP contribution < -0.4 is 0 Å². The van der Waals surface area contributed by atoms with E-state index in [1.54, 1.807) is 6.92 Å². The Kier molecular flexibility index (Phi) is 12.5. The average molecular weight is 405 g/mol. The van der Waals surface area contributed by atoms with Crippen molar-refractivity contribution < 1.29 is 29.2 Å². The summed E-state index contributed by atoms with van der Waals surface area (Å²) in [4.78, 5) is 12.0. The van der Waals surface area contributed by atoms with E-state index in [1.165, 1.54) is 0 Å². The Morgan fingerprint density at radius 3 is 2.21 bits per heavy atom. The summed E-state index contributed by atoms with van der Waals surface area (Å²) < 4.78 is 16.7. The summed E-state index contributed by atoms with van der Waals surface area (Å²) in [5.41, 5.74) is -0.434. The molecule has 1 aliphatic carbocycles. The second-order valence-corrected chi connectivity index (χ2v) is 8.24. The lowest BCUT2D eigenvalue weighted by molar-refractivity contribution is -0.273. The van der Waals surface area contributed by atoms with Gasteiger partial charge < -0.3 is 24.4 Å². The van der Waals surface area contributed by atoms with Gasteiger partial charge in [-0.15, -0.1) is 0 Å². The van der Waals surface area contributed by atoms with Crippen molar-refractivity contribution in [2.75, 3.05) is 0 Å². The molecule has 0 spiro atoms. The van der Waals surface area contributed by atoms with Crippen molar-refractivity contribution in [2.24, 2.45) is 11.8 Å². The summed E-state index contributed by atoms with van der Waals surface area (Å²) >= 11 is 0. The molecule has 0 bridgehead atoms. The Bertz CT molecular complexity index is 433. The predicted molar refractivity (Wildman–Crippen MR) is 111 cm³/mol. The molecule has 1 heterocycles. The van der Waals surface area contributed by atoms with Gasteiger partial charge in [0, 0.05) is 6.42 Å². The van der Waals surface area contributed by atoms with Gasteiger partial charge in [0.2, 0.25) is 0 Å². The second kappa shape index (κ2) is 12.8. The van der Waals surface area contributed by atoms with Crippen molar-refractivity contribution in [3.63, 3.8) is 0 Å². The molecule has 1 aliphatic heterocycles. The standard InChI is InChI=1S/C18H32O6.2C2H6/c1-10(22-17-15(20)9-14(19)11(2)23-17)6-7-12-8-13(12)16(21)24-18(3,4)5;2*1-2/h10-15,17,19-20H,6-9H2,1-5H3;2*1-2H3/t10-,11+,12?,13?,14-,15-,17-;;/m1../s1. The van der Waals surface area contributed by atoms with Gasteiger partial charge in [-0.2, -0.15) is 0 Å². The van der Waals surface area contributed by atoms with E-state index >= 15 is 0 Å². The number of carbonyl (C=O) groups excluding carboxylic acids is 1. The van der Waals surface area contributed by atoms with E-state index in [4.69, 9.17) is 14.2 Å². The Labute approximate surface area is 171 Å². The van der Waals surface area contributed by atoms with Crippen LogP contribution in [-0.2, 0) is 19.0 Å². The molecule has 2 fully saturated rings. The van der Waals surface area contributed by atoms with E-state index in [1.807, 2.05) is 55.4 Å². The number of hydrogen-bond donors (Lipinski definition) is 2. The molecule has 2 rings (SSSR count). The van der Waals surface area contributed by atoms with Crippen molar-refractivity contribution in [1.29, 1.82) is 0 Å². The van der Waals surface area contributed by atoms with E-state index in [9.17, 15) is 15.0 Å². The Morgan fingerprint density at radius 2 is 1.68 bits per heavy atom. The molecule has 6 heteroatoms. The molecular weight excluding hydrogens is 360 g/mol. The molecular formula is C22H44O6. The molecule has 28 heavy (non-hydrogen) atoms. The van der Waals surface area contributed by atoms with Crippen LogP contribution in [0.3, 0.4) is 0 Å². The van der Waals surface area contributed by atoms with Crippen LogP contribution in [0.5, 0.6) is 0 Å². The van der Waals surface area contributed by atoms with Crippen molar-refractivity contribution in [1.82, 2.24) is 0 Å². The molecule has 168 valence electrons. The fraction of sp³-hybridized carbons (Fsp3) is 0.955. The van der Waals surface area contributed by atoms with Crippen LogP contribution in [0.15, 0.2) is 0 Å². The number of carbonyl (C=O) groups is 1. The van der Waals surface area contributed by atoms with E-state index < -0.39 is 24.1 Å². The zero-order chi connectivity index (χ0) is 22.1. The Balaban J connectivity index is 0.00000171. The summed E-state index contributed by atoms with van der Waals surface area (Å²) in [5, 5.41) is 19.6. The molecule has 0 aromatic rings. The van der Waals surface area contributed by atoms with Crippen LogP contribution in [0.25, 0.3) is 0 Å². The second-order valence-electron chi connectivity index (χ2n) is 8.24. The maximum absolute atomic E-state index is 12.0. The summed E-state index contributed by atoms with van der Waals surface area (Å²) in [6.07, 6.45) is 0.261. The minimum absolute atomic E-state index is 0.0168. The number of esters is 1. The van der Waals surface area contributed by atoms with Crippen LogP contribution in [0.4, 0.5) is 0 Å². The average Bonchev–Trinajstić information content (AvgIpc) is 3.40. The molecule has 7 atom stereocenters. The molecule has 1 saturated heterocycles. The third kappa shape index (κ3) is 9.68. The molecule has 2 aliphatic rings. The number of hydrogen-bond acceptors (Lipinski definition) is 6. The normalized spacial score (nSPS) is 32.8. The zero-order valence-corrected chi connectivity index (χ0v) is 19.4. The Morgan fingerprint density at radius 1 is 1.11 bits per heavy atom. The van der Waals surface area contributed by atoms with Gasteiger partial charge in [0.1, 0.15) is 11.7 Å². The molecule has 0 aromatic heterocycles. The third-order valence-corrected chi connectivity index (χ3v) is 4.63. The highest BCUT2D eigenvalue weighted by atomic mass is 16.7. The van der Waals surface area contributed by atoms with Gasteiger partial charge in [-0.25, -0.2) is 0 Å². The molecule has 0 amide bonds. The van der Waals surface area contributed by atoms with E-state index in [0.29, 0.717) is 5.92 Å². The molecule has 2 unspecified atom stereocenters. The first-order valence-electron chi connectivity index (χ1n) is 11.0. The summed E-state index contributed by atoms with van der Waals surface area (Å²) in [6.45, 7) is 17.4. The minimum atomic E-state index is -0.811. The maximum atomic E-state index is 12.0. The summed E-state index contributed by atoms with van der Waals surface area (Å²) in [5.74, 6) is 0.280. The summed E-state index contributed by atoms with van der Waals surface area (Å²) in [6, 6.07) is 0. The minimum Gasteiger partial charge on any atom is -0.460 e. The van der Waals surface area contributed by atoms with Gasteiger partial charge in [0.05, 0.1) is 24.2 Å². The lowest BCUT2D eigenvalue weighted by Crippen LogP contribution is -2.48. The number of rotatable bonds is 6. The topological polar surface area (TPSA) is 85.2 Å². The van der Waals surface area contributed by atoms with E-state index in [2.05, 4.69) is 0 Å². The van der Waals surface area contributed by atoms with Gasteiger partial charge >= 0.3 is 5.97 Å². The SMILES string of the molecule is CC.CC.C[C@H](CCC1CC1C(=O)OC(C)(C)C)O[C@@H]1O[C@@H](C)[C@H](O)C[C@H]1O. The summed E-state index contributed by atoms with van der Waals surface area (Å²) in [7, 11) is 0. The van der Waals surface area contributed by atoms with Crippen LogP contribution in [0, 0.1) is 11.8 Å². The van der Waals surface area contributed by atoms with Crippen molar-refractivity contribution in [2.45, 2.75) is 124 Å². The van der Waals surface area contributed by atoms with Crippen LogP contribution in [0.1, 0.15) is 88.0 Å². The maximum Gasteiger partial charge on any atom is 0.309 e. The predicted octanol–water partition coefficient (Wildman–Crippen LogP) is 4.06. The molecule has 2 N–H and O–H groups in total. The van der Waals surface area contributed by atoms with Crippen LogP contribution in [-0.4, -0.2) is 52.5 Å².